The van der Waals surface area contributed by atoms with Crippen molar-refractivity contribution in [3.8, 4) is 0 Å². The van der Waals surface area contributed by atoms with Crippen LogP contribution in [0.15, 0.2) is 17.8 Å². The molecule has 2 heterocycles. The van der Waals surface area contributed by atoms with Crippen LogP contribution in [0.1, 0.15) is 21.1 Å². The molecule has 0 amide bonds. The maximum Gasteiger partial charge on any atom is 0.240 e. The van der Waals surface area contributed by atoms with Gasteiger partial charge in [0, 0.05) is 7.05 Å². The van der Waals surface area contributed by atoms with Gasteiger partial charge in [-0.2, -0.15) is 0 Å². The zero-order valence-electron chi connectivity index (χ0n) is 7.89. The Morgan fingerprint density at radius 1 is 1.57 bits per heavy atom. The summed E-state index contributed by atoms with van der Waals surface area (Å²) in [7, 11) is 1.76. The highest BCUT2D eigenvalue weighted by Gasteiger charge is 2.17. The van der Waals surface area contributed by atoms with E-state index in [1.807, 2.05) is 18.4 Å². The van der Waals surface area contributed by atoms with Crippen LogP contribution in [0.3, 0.4) is 0 Å². The molecule has 0 saturated heterocycles. The number of hydrogen-bond acceptors (Lipinski definition) is 4. The molecule has 0 aromatic carbocycles. The standard InChI is InChI=1S/C9H9N3OS/c1-6-3-4-14-8(6)7(13)9-11-10-5-12(9)2/h3-5H,1-2H3. The fourth-order valence-corrected chi connectivity index (χ4v) is 2.06. The smallest absolute Gasteiger partial charge is 0.240 e. The molecular weight excluding hydrogens is 198 g/mol. The third-order valence-electron chi connectivity index (χ3n) is 1.98. The minimum absolute atomic E-state index is 0.0579. The summed E-state index contributed by atoms with van der Waals surface area (Å²) >= 11 is 1.43. The van der Waals surface area contributed by atoms with E-state index in [9.17, 15) is 4.79 Å². The van der Waals surface area contributed by atoms with Gasteiger partial charge < -0.3 is 4.57 Å². The highest BCUT2D eigenvalue weighted by molar-refractivity contribution is 7.12. The van der Waals surface area contributed by atoms with E-state index < -0.39 is 0 Å². The van der Waals surface area contributed by atoms with E-state index in [-0.39, 0.29) is 5.78 Å². The average molecular weight is 207 g/mol. The lowest BCUT2D eigenvalue weighted by Crippen LogP contribution is -2.08. The van der Waals surface area contributed by atoms with Crippen LogP contribution in [0.4, 0.5) is 0 Å². The molecular formula is C9H9N3OS. The van der Waals surface area contributed by atoms with E-state index in [1.54, 1.807) is 11.6 Å². The Morgan fingerprint density at radius 3 is 2.86 bits per heavy atom. The fourth-order valence-electron chi connectivity index (χ4n) is 1.20. The first-order valence-electron chi connectivity index (χ1n) is 4.13. The molecule has 2 aromatic heterocycles. The summed E-state index contributed by atoms with van der Waals surface area (Å²) in [5.41, 5.74) is 0.989. The van der Waals surface area contributed by atoms with Crippen LogP contribution in [0, 0.1) is 6.92 Å². The molecule has 0 saturated carbocycles. The molecule has 0 aliphatic carbocycles. The van der Waals surface area contributed by atoms with Crippen molar-refractivity contribution in [3.63, 3.8) is 0 Å². The first-order valence-corrected chi connectivity index (χ1v) is 5.01. The Labute approximate surface area is 85.2 Å². The summed E-state index contributed by atoms with van der Waals surface area (Å²) < 4.78 is 1.63. The number of carbonyl (C=O) groups is 1. The summed E-state index contributed by atoms with van der Waals surface area (Å²) in [5.74, 6) is 0.327. The number of nitrogens with zero attached hydrogens (tertiary/aromatic N) is 3. The first kappa shape index (κ1) is 9.08. The third-order valence-corrected chi connectivity index (χ3v) is 3.00. The lowest BCUT2D eigenvalue weighted by molar-refractivity contribution is 0.102. The molecule has 72 valence electrons. The molecule has 2 aromatic rings. The zero-order chi connectivity index (χ0) is 10.1. The van der Waals surface area contributed by atoms with Gasteiger partial charge in [-0.05, 0) is 23.9 Å². The lowest BCUT2D eigenvalue weighted by atomic mass is 10.2. The second-order valence-corrected chi connectivity index (χ2v) is 3.94. The maximum absolute atomic E-state index is 11.9. The zero-order valence-corrected chi connectivity index (χ0v) is 8.71. The van der Waals surface area contributed by atoms with Crippen LogP contribution in [0.25, 0.3) is 0 Å². The van der Waals surface area contributed by atoms with Crippen LogP contribution in [0.2, 0.25) is 0 Å². The van der Waals surface area contributed by atoms with Gasteiger partial charge in [-0.15, -0.1) is 21.5 Å². The average Bonchev–Trinajstić information content (AvgIpc) is 2.73. The molecule has 0 fully saturated rings. The van der Waals surface area contributed by atoms with Gasteiger partial charge in [-0.25, -0.2) is 0 Å². The van der Waals surface area contributed by atoms with Crippen molar-refractivity contribution in [3.05, 3.63) is 34.0 Å². The summed E-state index contributed by atoms with van der Waals surface area (Å²) in [6.07, 6.45) is 1.52. The van der Waals surface area contributed by atoms with E-state index in [1.165, 1.54) is 17.7 Å². The van der Waals surface area contributed by atoms with E-state index in [4.69, 9.17) is 0 Å². The molecule has 14 heavy (non-hydrogen) atoms. The Kier molecular flexibility index (Phi) is 2.17. The van der Waals surface area contributed by atoms with Crippen molar-refractivity contribution in [2.45, 2.75) is 6.92 Å². The molecule has 0 spiro atoms. The minimum atomic E-state index is -0.0579. The van der Waals surface area contributed by atoms with Gasteiger partial charge in [0.1, 0.15) is 6.33 Å². The Morgan fingerprint density at radius 2 is 2.36 bits per heavy atom. The van der Waals surface area contributed by atoms with E-state index in [2.05, 4.69) is 10.2 Å². The highest BCUT2D eigenvalue weighted by Crippen LogP contribution is 2.18. The number of rotatable bonds is 2. The molecule has 0 aliphatic heterocycles. The molecule has 5 heteroatoms. The number of aryl methyl sites for hydroxylation is 2. The molecule has 0 bridgehead atoms. The van der Waals surface area contributed by atoms with Gasteiger partial charge in [0.05, 0.1) is 4.88 Å². The van der Waals surface area contributed by atoms with Crippen molar-refractivity contribution in [2.75, 3.05) is 0 Å². The normalized spacial score (nSPS) is 10.4. The first-order chi connectivity index (χ1) is 6.70. The summed E-state index contributed by atoms with van der Waals surface area (Å²) in [6, 6.07) is 1.92. The maximum atomic E-state index is 11.9. The van der Waals surface area contributed by atoms with E-state index >= 15 is 0 Å². The van der Waals surface area contributed by atoms with Crippen LogP contribution >= 0.6 is 11.3 Å². The van der Waals surface area contributed by atoms with Crippen molar-refractivity contribution in [1.82, 2.24) is 14.8 Å². The molecule has 0 aliphatic rings. The van der Waals surface area contributed by atoms with Crippen molar-refractivity contribution < 1.29 is 4.79 Å². The molecule has 0 unspecified atom stereocenters. The molecule has 4 nitrogen and oxygen atoms in total. The Balaban J connectivity index is 2.44. The molecule has 0 N–H and O–H groups in total. The molecule has 2 rings (SSSR count). The van der Waals surface area contributed by atoms with Gasteiger partial charge in [-0.3, -0.25) is 4.79 Å². The van der Waals surface area contributed by atoms with Crippen LogP contribution < -0.4 is 0 Å². The predicted molar refractivity (Wildman–Crippen MR) is 53.5 cm³/mol. The molecule has 0 radical (unpaired) electrons. The number of ketones is 1. The fraction of sp³-hybridized carbons (Fsp3) is 0.222. The third kappa shape index (κ3) is 1.35. The van der Waals surface area contributed by atoms with E-state index in [0.717, 1.165) is 10.4 Å². The van der Waals surface area contributed by atoms with Gasteiger partial charge in [-0.1, -0.05) is 0 Å². The second kappa shape index (κ2) is 3.34. The van der Waals surface area contributed by atoms with E-state index in [0.29, 0.717) is 5.82 Å². The Bertz CT molecular complexity index is 430. The second-order valence-electron chi connectivity index (χ2n) is 3.03. The number of hydrogen-bond donors (Lipinski definition) is 0. The van der Waals surface area contributed by atoms with Crippen LogP contribution in [-0.2, 0) is 7.05 Å². The van der Waals surface area contributed by atoms with Gasteiger partial charge >= 0.3 is 0 Å². The number of aromatic nitrogens is 3. The van der Waals surface area contributed by atoms with Crippen LogP contribution in [-0.4, -0.2) is 20.5 Å². The lowest BCUT2D eigenvalue weighted by Gasteiger charge is -1.97. The molecule has 0 atom stereocenters. The summed E-state index contributed by atoms with van der Waals surface area (Å²) in [5, 5.41) is 9.36. The topological polar surface area (TPSA) is 47.8 Å². The highest BCUT2D eigenvalue weighted by atomic mass is 32.1. The quantitative estimate of drug-likeness (QED) is 0.700. The van der Waals surface area contributed by atoms with Crippen LogP contribution in [0.5, 0.6) is 0 Å². The number of carbonyl (C=O) groups excluding carboxylic acids is 1. The van der Waals surface area contributed by atoms with Crippen molar-refractivity contribution in [1.29, 1.82) is 0 Å². The summed E-state index contributed by atoms with van der Waals surface area (Å²) in [6.45, 7) is 1.92. The summed E-state index contributed by atoms with van der Waals surface area (Å²) in [4.78, 5) is 12.6. The largest absolute Gasteiger partial charge is 0.314 e. The predicted octanol–water partition coefficient (Wildman–Crippen LogP) is 1.42. The SMILES string of the molecule is Cc1ccsc1C(=O)c1nncn1C. The minimum Gasteiger partial charge on any atom is -0.314 e. The van der Waals surface area contributed by atoms with Crippen molar-refractivity contribution >= 4 is 17.1 Å². The van der Waals surface area contributed by atoms with Gasteiger partial charge in [0.2, 0.25) is 11.6 Å². The Hall–Kier alpha value is -1.49. The van der Waals surface area contributed by atoms with Gasteiger partial charge in [0.15, 0.2) is 0 Å². The van der Waals surface area contributed by atoms with Crippen molar-refractivity contribution in [2.24, 2.45) is 7.05 Å². The monoisotopic (exact) mass is 207 g/mol. The van der Waals surface area contributed by atoms with Gasteiger partial charge in [0.25, 0.3) is 0 Å². The number of thiophene rings is 1.